The molecule has 0 radical (unpaired) electrons. The Bertz CT molecular complexity index is 351. The number of hydrogen-bond donors (Lipinski definition) is 0. The summed E-state index contributed by atoms with van der Waals surface area (Å²) in [5.74, 6) is -2.52. The largest absolute Gasteiger partial charge is 0.466 e. The summed E-state index contributed by atoms with van der Waals surface area (Å²) in [7, 11) is 0. The standard InChI is InChI=1S/C18H32O5/c1-4-6-8-10-12-22-17(20)14-16(15(3)19)18(21)23-13-11-9-7-5-2/h16H,4-14H2,1-3H3. The first kappa shape index (κ1) is 21.6. The molecule has 0 aliphatic carbocycles. The van der Waals surface area contributed by atoms with Gasteiger partial charge in [-0.15, -0.1) is 0 Å². The van der Waals surface area contributed by atoms with Crippen LogP contribution in [0, 0.1) is 5.92 Å². The molecular weight excluding hydrogens is 296 g/mol. The summed E-state index contributed by atoms with van der Waals surface area (Å²) < 4.78 is 10.2. The fraction of sp³-hybridized carbons (Fsp3) is 0.833. The topological polar surface area (TPSA) is 69.7 Å². The maximum Gasteiger partial charge on any atom is 0.317 e. The normalized spacial score (nSPS) is 11.8. The molecule has 23 heavy (non-hydrogen) atoms. The third kappa shape index (κ3) is 11.8. The first-order chi connectivity index (χ1) is 11.0. The van der Waals surface area contributed by atoms with Gasteiger partial charge in [-0.3, -0.25) is 14.4 Å². The van der Waals surface area contributed by atoms with Crippen LogP contribution in [0.25, 0.3) is 0 Å². The summed E-state index contributed by atoms with van der Waals surface area (Å²) in [6.45, 7) is 6.16. The summed E-state index contributed by atoms with van der Waals surface area (Å²) in [6, 6.07) is 0. The van der Waals surface area contributed by atoms with E-state index in [1.807, 2.05) is 0 Å². The second kappa shape index (κ2) is 14.2. The third-order valence-electron chi connectivity index (χ3n) is 3.65. The number of ether oxygens (including phenoxy) is 2. The molecule has 0 heterocycles. The van der Waals surface area contributed by atoms with Gasteiger partial charge in [-0.2, -0.15) is 0 Å². The zero-order chi connectivity index (χ0) is 17.5. The van der Waals surface area contributed by atoms with Crippen LogP contribution >= 0.6 is 0 Å². The summed E-state index contributed by atoms with van der Waals surface area (Å²) >= 11 is 0. The average molecular weight is 328 g/mol. The number of esters is 2. The van der Waals surface area contributed by atoms with Gasteiger partial charge in [0.1, 0.15) is 11.7 Å². The molecule has 0 N–H and O–H groups in total. The second-order valence-corrected chi connectivity index (χ2v) is 5.88. The highest BCUT2D eigenvalue weighted by molar-refractivity contribution is 6.00. The SMILES string of the molecule is CCCCCCOC(=O)CC(C(C)=O)C(=O)OCCCCCC. The Morgan fingerprint density at radius 3 is 1.78 bits per heavy atom. The number of hydrogen-bond acceptors (Lipinski definition) is 5. The Hall–Kier alpha value is -1.39. The molecule has 0 spiro atoms. The van der Waals surface area contributed by atoms with E-state index < -0.39 is 17.9 Å². The molecule has 0 saturated carbocycles. The van der Waals surface area contributed by atoms with Gasteiger partial charge < -0.3 is 9.47 Å². The van der Waals surface area contributed by atoms with E-state index in [1.54, 1.807) is 0 Å². The molecule has 5 nitrogen and oxygen atoms in total. The second-order valence-electron chi connectivity index (χ2n) is 5.88. The van der Waals surface area contributed by atoms with E-state index in [4.69, 9.17) is 9.47 Å². The predicted molar refractivity (Wildman–Crippen MR) is 89.0 cm³/mol. The van der Waals surface area contributed by atoms with Crippen molar-refractivity contribution in [2.75, 3.05) is 13.2 Å². The van der Waals surface area contributed by atoms with E-state index in [1.165, 1.54) is 6.92 Å². The van der Waals surface area contributed by atoms with E-state index in [2.05, 4.69) is 13.8 Å². The molecule has 1 atom stereocenters. The van der Waals surface area contributed by atoms with E-state index in [0.717, 1.165) is 51.4 Å². The van der Waals surface area contributed by atoms with E-state index in [-0.39, 0.29) is 12.2 Å². The fourth-order valence-electron chi connectivity index (χ4n) is 2.14. The van der Waals surface area contributed by atoms with Gasteiger partial charge in [0.15, 0.2) is 0 Å². The molecule has 0 aliphatic heterocycles. The monoisotopic (exact) mass is 328 g/mol. The van der Waals surface area contributed by atoms with Crippen molar-refractivity contribution in [3.63, 3.8) is 0 Å². The maximum absolute atomic E-state index is 11.9. The van der Waals surface area contributed by atoms with Crippen LogP contribution in [0.4, 0.5) is 0 Å². The number of ketones is 1. The summed E-state index contributed by atoms with van der Waals surface area (Å²) in [5.41, 5.74) is 0. The first-order valence-corrected chi connectivity index (χ1v) is 8.85. The molecule has 1 unspecified atom stereocenters. The maximum atomic E-state index is 11.9. The van der Waals surface area contributed by atoms with Crippen LogP contribution in [-0.2, 0) is 23.9 Å². The Balaban J connectivity index is 4.06. The molecule has 0 aliphatic rings. The lowest BCUT2D eigenvalue weighted by atomic mass is 10.0. The van der Waals surface area contributed by atoms with Crippen molar-refractivity contribution < 1.29 is 23.9 Å². The molecule has 0 aromatic carbocycles. The molecule has 0 amide bonds. The lowest BCUT2D eigenvalue weighted by Gasteiger charge is -2.13. The van der Waals surface area contributed by atoms with Gasteiger partial charge in [-0.05, 0) is 19.8 Å². The number of unbranched alkanes of at least 4 members (excludes halogenated alkanes) is 6. The van der Waals surface area contributed by atoms with Gasteiger partial charge in [0.2, 0.25) is 0 Å². The lowest BCUT2D eigenvalue weighted by Crippen LogP contribution is -2.28. The van der Waals surface area contributed by atoms with Gasteiger partial charge in [0.25, 0.3) is 0 Å². The highest BCUT2D eigenvalue weighted by Gasteiger charge is 2.28. The Labute approximate surface area is 140 Å². The zero-order valence-electron chi connectivity index (χ0n) is 14.9. The van der Waals surface area contributed by atoms with E-state index >= 15 is 0 Å². The number of Topliss-reactive ketones (excluding diaryl/α,β-unsaturated/α-hetero) is 1. The van der Waals surface area contributed by atoms with Crippen LogP contribution in [0.1, 0.15) is 78.6 Å². The smallest absolute Gasteiger partial charge is 0.317 e. The van der Waals surface area contributed by atoms with Crippen LogP contribution in [0.5, 0.6) is 0 Å². The molecular formula is C18H32O5. The predicted octanol–water partition coefficient (Wildman–Crippen LogP) is 3.83. The number of rotatable bonds is 14. The summed E-state index contributed by atoms with van der Waals surface area (Å²) in [4.78, 5) is 35.2. The van der Waals surface area contributed by atoms with Crippen molar-refractivity contribution in [2.45, 2.75) is 78.6 Å². The first-order valence-electron chi connectivity index (χ1n) is 8.85. The van der Waals surface area contributed by atoms with Crippen LogP contribution in [0.2, 0.25) is 0 Å². The van der Waals surface area contributed by atoms with Gasteiger partial charge in [0, 0.05) is 0 Å². The van der Waals surface area contributed by atoms with Crippen molar-refractivity contribution in [3.8, 4) is 0 Å². The molecule has 0 fully saturated rings. The van der Waals surface area contributed by atoms with Gasteiger partial charge in [-0.25, -0.2) is 0 Å². The third-order valence-corrected chi connectivity index (χ3v) is 3.65. The average Bonchev–Trinajstić information content (AvgIpc) is 2.51. The minimum absolute atomic E-state index is 0.225. The Morgan fingerprint density at radius 1 is 0.783 bits per heavy atom. The zero-order valence-corrected chi connectivity index (χ0v) is 14.9. The van der Waals surface area contributed by atoms with E-state index in [0.29, 0.717) is 13.2 Å². The molecule has 5 heteroatoms. The van der Waals surface area contributed by atoms with Crippen LogP contribution in [-0.4, -0.2) is 30.9 Å². The Kier molecular flexibility index (Phi) is 13.4. The number of carbonyl (C=O) groups is 3. The van der Waals surface area contributed by atoms with Crippen LogP contribution in [0.3, 0.4) is 0 Å². The van der Waals surface area contributed by atoms with Crippen molar-refractivity contribution in [1.82, 2.24) is 0 Å². The highest BCUT2D eigenvalue weighted by Crippen LogP contribution is 2.11. The van der Waals surface area contributed by atoms with Crippen LogP contribution in [0.15, 0.2) is 0 Å². The highest BCUT2D eigenvalue weighted by atomic mass is 16.5. The molecule has 0 aromatic rings. The minimum Gasteiger partial charge on any atom is -0.466 e. The van der Waals surface area contributed by atoms with Gasteiger partial charge in [-0.1, -0.05) is 52.4 Å². The Morgan fingerprint density at radius 2 is 1.30 bits per heavy atom. The molecule has 0 aromatic heterocycles. The molecule has 0 bridgehead atoms. The van der Waals surface area contributed by atoms with Gasteiger partial charge in [0.05, 0.1) is 19.6 Å². The van der Waals surface area contributed by atoms with Crippen molar-refractivity contribution in [1.29, 1.82) is 0 Å². The fourth-order valence-corrected chi connectivity index (χ4v) is 2.14. The summed E-state index contributed by atoms with van der Waals surface area (Å²) in [6.07, 6.45) is 7.80. The minimum atomic E-state index is -1.04. The van der Waals surface area contributed by atoms with Crippen LogP contribution < -0.4 is 0 Å². The quantitative estimate of drug-likeness (QED) is 0.275. The molecule has 134 valence electrons. The van der Waals surface area contributed by atoms with Crippen molar-refractivity contribution in [2.24, 2.45) is 5.92 Å². The summed E-state index contributed by atoms with van der Waals surface area (Å²) in [5, 5.41) is 0. The molecule has 0 rings (SSSR count). The van der Waals surface area contributed by atoms with Gasteiger partial charge >= 0.3 is 11.9 Å². The number of carbonyl (C=O) groups excluding carboxylic acids is 3. The lowest BCUT2D eigenvalue weighted by molar-refractivity contribution is -0.158. The van der Waals surface area contributed by atoms with E-state index in [9.17, 15) is 14.4 Å². The van der Waals surface area contributed by atoms with Crippen molar-refractivity contribution in [3.05, 3.63) is 0 Å². The van der Waals surface area contributed by atoms with Crippen molar-refractivity contribution >= 4 is 17.7 Å². The molecule has 0 saturated heterocycles.